The molecule has 0 saturated heterocycles. The quantitative estimate of drug-likeness (QED) is 0.403. The Hall–Kier alpha value is -4.26. The summed E-state index contributed by atoms with van der Waals surface area (Å²) in [6.45, 7) is 0.643. The van der Waals surface area contributed by atoms with Gasteiger partial charge in [0.05, 0.1) is 28.5 Å². The van der Waals surface area contributed by atoms with Crippen molar-refractivity contribution in [2.75, 3.05) is 0 Å². The third kappa shape index (κ3) is 4.67. The summed E-state index contributed by atoms with van der Waals surface area (Å²) in [5.41, 5.74) is 3.27. The predicted octanol–water partition coefficient (Wildman–Crippen LogP) is 3.96. The van der Waals surface area contributed by atoms with Crippen LogP contribution in [-0.2, 0) is 24.3 Å². The van der Waals surface area contributed by atoms with Gasteiger partial charge in [-0.15, -0.1) is 0 Å². The van der Waals surface area contributed by atoms with Gasteiger partial charge in [0.2, 0.25) is 5.91 Å². The first-order valence-electron chi connectivity index (χ1n) is 10.9. The van der Waals surface area contributed by atoms with Crippen molar-refractivity contribution < 1.29 is 4.79 Å². The van der Waals surface area contributed by atoms with Crippen LogP contribution in [0.4, 0.5) is 0 Å². The van der Waals surface area contributed by atoms with Crippen molar-refractivity contribution in [2.45, 2.75) is 25.9 Å². The average Bonchev–Trinajstić information content (AvgIpc) is 3.26. The molecule has 5 aromatic rings. The van der Waals surface area contributed by atoms with Gasteiger partial charge in [-0.2, -0.15) is 0 Å². The normalized spacial score (nSPS) is 11.2. The Balaban J connectivity index is 1.37. The van der Waals surface area contributed by atoms with Crippen LogP contribution in [0.5, 0.6) is 0 Å². The zero-order valence-electron chi connectivity index (χ0n) is 18.0. The topological polar surface area (TPSA) is 94.7 Å². The largest absolute Gasteiger partial charge is 0.342 e. The second kappa shape index (κ2) is 9.08. The Bertz CT molecular complexity index is 1440. The number of carbonyl (C=O) groups excluding carboxylic acids is 1. The highest BCUT2D eigenvalue weighted by Gasteiger charge is 2.17. The number of aromatic nitrogens is 4. The molecule has 0 fully saturated rings. The number of rotatable bonds is 7. The lowest BCUT2D eigenvalue weighted by molar-refractivity contribution is -0.132. The second-order valence-corrected chi connectivity index (χ2v) is 7.97. The molecule has 2 N–H and O–H groups in total. The number of nitrogens with one attached hydrogen (secondary N) is 2. The smallest absolute Gasteiger partial charge is 0.258 e. The molecule has 33 heavy (non-hydrogen) atoms. The Morgan fingerprint density at radius 2 is 1.45 bits per heavy atom. The second-order valence-electron chi connectivity index (χ2n) is 7.97. The van der Waals surface area contributed by atoms with E-state index >= 15 is 0 Å². The third-order valence-electron chi connectivity index (χ3n) is 5.59. The summed E-state index contributed by atoms with van der Waals surface area (Å²) in [7, 11) is 0. The Morgan fingerprint density at radius 3 is 2.27 bits per heavy atom. The minimum absolute atomic E-state index is 0.0323. The number of hydrogen-bond donors (Lipinski definition) is 2. The van der Waals surface area contributed by atoms with Crippen LogP contribution in [0.3, 0.4) is 0 Å². The first-order valence-corrected chi connectivity index (χ1v) is 10.9. The molecule has 7 nitrogen and oxygen atoms in total. The minimum Gasteiger partial charge on any atom is -0.342 e. The van der Waals surface area contributed by atoms with Gasteiger partial charge >= 0.3 is 0 Å². The van der Waals surface area contributed by atoms with Crippen LogP contribution in [-0.4, -0.2) is 30.7 Å². The van der Waals surface area contributed by atoms with Crippen LogP contribution in [0.1, 0.15) is 23.6 Å². The molecule has 3 aromatic carbocycles. The van der Waals surface area contributed by atoms with E-state index in [0.29, 0.717) is 36.1 Å². The van der Waals surface area contributed by atoms with E-state index in [1.807, 2.05) is 66.7 Å². The highest BCUT2D eigenvalue weighted by molar-refractivity contribution is 5.78. The Morgan fingerprint density at radius 1 is 0.758 bits per heavy atom. The van der Waals surface area contributed by atoms with Gasteiger partial charge in [-0.1, -0.05) is 54.6 Å². The van der Waals surface area contributed by atoms with Gasteiger partial charge in [-0.3, -0.25) is 9.59 Å². The monoisotopic (exact) mass is 437 g/mol. The molecule has 0 aliphatic carbocycles. The standard InChI is InChI=1S/C26H23N5O2/c32-25(15-14-23-28-21-12-6-7-13-22(21)29-23)31(16-18-8-2-1-3-9-18)17-24-27-20-11-5-4-10-19(20)26(33)30-24/h1-13H,14-17H2,(H,28,29)(H,27,30,33). The fourth-order valence-electron chi connectivity index (χ4n) is 3.93. The van der Waals surface area contributed by atoms with E-state index in [1.165, 1.54) is 0 Å². The van der Waals surface area contributed by atoms with Crippen LogP contribution in [0.2, 0.25) is 0 Å². The average molecular weight is 438 g/mol. The molecule has 0 radical (unpaired) electrons. The summed E-state index contributed by atoms with van der Waals surface area (Å²) >= 11 is 0. The molecule has 2 heterocycles. The van der Waals surface area contributed by atoms with Crippen LogP contribution in [0, 0.1) is 0 Å². The highest BCUT2D eigenvalue weighted by Crippen LogP contribution is 2.15. The first kappa shape index (κ1) is 20.6. The molecule has 0 atom stereocenters. The molecule has 0 unspecified atom stereocenters. The molecule has 0 aliphatic rings. The van der Waals surface area contributed by atoms with Crippen molar-refractivity contribution in [1.29, 1.82) is 0 Å². The maximum atomic E-state index is 13.3. The number of H-pyrrole nitrogens is 2. The number of carbonyl (C=O) groups is 1. The van der Waals surface area contributed by atoms with Gasteiger partial charge in [0.15, 0.2) is 0 Å². The van der Waals surface area contributed by atoms with Crippen molar-refractivity contribution in [3.05, 3.63) is 106 Å². The van der Waals surface area contributed by atoms with Crippen LogP contribution in [0.25, 0.3) is 21.9 Å². The number of aromatic amines is 2. The molecule has 2 aromatic heterocycles. The fraction of sp³-hybridized carbons (Fsp3) is 0.154. The third-order valence-corrected chi connectivity index (χ3v) is 5.59. The molecule has 0 saturated carbocycles. The van der Waals surface area contributed by atoms with E-state index in [0.717, 1.165) is 22.4 Å². The number of benzene rings is 3. The lowest BCUT2D eigenvalue weighted by Gasteiger charge is -2.22. The van der Waals surface area contributed by atoms with E-state index in [2.05, 4.69) is 19.9 Å². The minimum atomic E-state index is -0.204. The fourth-order valence-corrected chi connectivity index (χ4v) is 3.93. The van der Waals surface area contributed by atoms with Crippen LogP contribution >= 0.6 is 0 Å². The molecule has 0 aliphatic heterocycles. The molecule has 164 valence electrons. The van der Waals surface area contributed by atoms with Gasteiger partial charge in [-0.05, 0) is 29.8 Å². The van der Waals surface area contributed by atoms with E-state index in [-0.39, 0.29) is 18.0 Å². The van der Waals surface area contributed by atoms with E-state index in [4.69, 9.17) is 0 Å². The maximum absolute atomic E-state index is 13.3. The number of imidazole rings is 1. The van der Waals surface area contributed by atoms with Crippen molar-refractivity contribution in [2.24, 2.45) is 0 Å². The van der Waals surface area contributed by atoms with Gasteiger partial charge in [0, 0.05) is 19.4 Å². The number of para-hydroxylation sites is 3. The van der Waals surface area contributed by atoms with Gasteiger partial charge < -0.3 is 14.9 Å². The van der Waals surface area contributed by atoms with Gasteiger partial charge in [0.25, 0.3) is 5.56 Å². The summed E-state index contributed by atoms with van der Waals surface area (Å²) in [6, 6.07) is 24.8. The molecule has 7 heteroatoms. The predicted molar refractivity (Wildman–Crippen MR) is 127 cm³/mol. The molecule has 0 bridgehead atoms. The van der Waals surface area contributed by atoms with Crippen molar-refractivity contribution in [3.8, 4) is 0 Å². The molecule has 5 rings (SSSR count). The Labute approximate surface area is 190 Å². The molecular weight excluding hydrogens is 414 g/mol. The number of aryl methyl sites for hydroxylation is 1. The highest BCUT2D eigenvalue weighted by atomic mass is 16.2. The van der Waals surface area contributed by atoms with E-state index < -0.39 is 0 Å². The lowest BCUT2D eigenvalue weighted by Crippen LogP contribution is -2.32. The summed E-state index contributed by atoms with van der Waals surface area (Å²) < 4.78 is 0. The summed E-state index contributed by atoms with van der Waals surface area (Å²) in [5, 5.41) is 0.534. The first-order chi connectivity index (χ1) is 16.2. The van der Waals surface area contributed by atoms with Crippen molar-refractivity contribution in [3.63, 3.8) is 0 Å². The lowest BCUT2D eigenvalue weighted by atomic mass is 10.2. The molecular formula is C26H23N5O2. The SMILES string of the molecule is O=C(CCc1nc2ccccc2[nH]1)N(Cc1ccccc1)Cc1nc2ccccc2c(=O)[nH]1. The van der Waals surface area contributed by atoms with E-state index in [1.54, 1.807) is 17.0 Å². The Kier molecular flexibility index (Phi) is 5.68. The molecule has 0 spiro atoms. The number of nitrogens with zero attached hydrogens (tertiary/aromatic N) is 3. The maximum Gasteiger partial charge on any atom is 0.258 e. The van der Waals surface area contributed by atoms with Gasteiger partial charge in [-0.25, -0.2) is 9.97 Å². The summed E-state index contributed by atoms with van der Waals surface area (Å²) in [6.07, 6.45) is 0.797. The number of hydrogen-bond acceptors (Lipinski definition) is 4. The summed E-state index contributed by atoms with van der Waals surface area (Å²) in [4.78, 5) is 42.7. The zero-order valence-corrected chi connectivity index (χ0v) is 18.0. The zero-order chi connectivity index (χ0) is 22.6. The van der Waals surface area contributed by atoms with Crippen molar-refractivity contribution >= 4 is 27.8 Å². The number of fused-ring (bicyclic) bond motifs is 2. The van der Waals surface area contributed by atoms with Crippen LogP contribution in [0.15, 0.2) is 83.7 Å². The summed E-state index contributed by atoms with van der Waals surface area (Å²) in [5.74, 6) is 1.21. The van der Waals surface area contributed by atoms with Crippen molar-refractivity contribution in [1.82, 2.24) is 24.8 Å². The molecule has 1 amide bonds. The van der Waals surface area contributed by atoms with Crippen LogP contribution < -0.4 is 5.56 Å². The van der Waals surface area contributed by atoms with E-state index in [9.17, 15) is 9.59 Å². The van der Waals surface area contributed by atoms with Gasteiger partial charge in [0.1, 0.15) is 11.6 Å². The number of amides is 1.